The Balaban J connectivity index is 0.00000121. The van der Waals surface area contributed by atoms with Gasteiger partial charge in [-0.2, -0.15) is 0 Å². The molecule has 0 bridgehead atoms. The molecule has 12 heavy (non-hydrogen) atoms. The van der Waals surface area contributed by atoms with Crippen LogP contribution in [0.2, 0.25) is 0 Å². The standard InChI is InChI=1S/C8H6O3.K/c9-5-6-3-1-2-4-7(6)8(10)11;/h1-5H,(H,10,11);/q;+1/p-1. The second-order valence-electron chi connectivity index (χ2n) is 1.99. The normalized spacial score (nSPS) is 8.33. The molecule has 0 aromatic heterocycles. The van der Waals surface area contributed by atoms with Crippen LogP contribution in [0.3, 0.4) is 0 Å². The summed E-state index contributed by atoms with van der Waals surface area (Å²) in [5.41, 5.74) is 0.0787. The Morgan fingerprint density at radius 1 is 1.33 bits per heavy atom. The zero-order valence-electron chi connectivity index (χ0n) is 6.61. The third kappa shape index (κ3) is 2.80. The van der Waals surface area contributed by atoms with Gasteiger partial charge in [0.1, 0.15) is 0 Å². The predicted octanol–water partition coefficient (Wildman–Crippen LogP) is -3.13. The molecule has 1 rings (SSSR count). The van der Waals surface area contributed by atoms with Crippen molar-refractivity contribution in [2.75, 3.05) is 0 Å². The summed E-state index contributed by atoms with van der Waals surface area (Å²) in [7, 11) is 0. The Labute approximate surface area is 112 Å². The van der Waals surface area contributed by atoms with Gasteiger partial charge >= 0.3 is 51.4 Å². The minimum atomic E-state index is -1.33. The summed E-state index contributed by atoms with van der Waals surface area (Å²) in [6, 6.07) is 5.89. The van der Waals surface area contributed by atoms with E-state index in [1.807, 2.05) is 0 Å². The Bertz CT molecular complexity index is 296. The van der Waals surface area contributed by atoms with Gasteiger partial charge in [0.15, 0.2) is 6.29 Å². The van der Waals surface area contributed by atoms with Crippen LogP contribution in [0.25, 0.3) is 0 Å². The Morgan fingerprint density at radius 3 is 2.33 bits per heavy atom. The number of carbonyl (C=O) groups is 2. The number of carboxylic acid groups (broad SMARTS) is 1. The molecule has 0 spiro atoms. The summed E-state index contributed by atoms with van der Waals surface area (Å²) in [5, 5.41) is 10.3. The van der Waals surface area contributed by atoms with Crippen molar-refractivity contribution in [3.8, 4) is 0 Å². The molecule has 0 radical (unpaired) electrons. The van der Waals surface area contributed by atoms with E-state index in [0.717, 1.165) is 0 Å². The van der Waals surface area contributed by atoms with Crippen molar-refractivity contribution in [3.05, 3.63) is 35.4 Å². The third-order valence-electron chi connectivity index (χ3n) is 1.31. The zero-order valence-corrected chi connectivity index (χ0v) is 9.73. The summed E-state index contributed by atoms with van der Waals surface area (Å²) in [6.45, 7) is 0. The van der Waals surface area contributed by atoms with E-state index >= 15 is 0 Å². The molecule has 0 fully saturated rings. The number of carbonyl (C=O) groups excluding carboxylic acids is 2. The maximum atomic E-state index is 10.3. The van der Waals surface area contributed by atoms with E-state index in [0.29, 0.717) is 6.29 Å². The molecule has 0 aliphatic heterocycles. The van der Waals surface area contributed by atoms with Crippen molar-refractivity contribution < 1.29 is 66.1 Å². The van der Waals surface area contributed by atoms with E-state index in [9.17, 15) is 14.7 Å². The van der Waals surface area contributed by atoms with Crippen LogP contribution in [0.5, 0.6) is 0 Å². The van der Waals surface area contributed by atoms with Crippen LogP contribution in [0.4, 0.5) is 0 Å². The van der Waals surface area contributed by atoms with E-state index in [1.54, 1.807) is 6.07 Å². The van der Waals surface area contributed by atoms with Gasteiger partial charge in [0.2, 0.25) is 0 Å². The van der Waals surface area contributed by atoms with E-state index < -0.39 is 5.97 Å². The molecule has 0 saturated carbocycles. The summed E-state index contributed by atoms with van der Waals surface area (Å²) in [6.07, 6.45) is 0.491. The van der Waals surface area contributed by atoms with E-state index in [1.165, 1.54) is 18.2 Å². The van der Waals surface area contributed by atoms with Crippen molar-refractivity contribution in [1.82, 2.24) is 0 Å². The maximum Gasteiger partial charge on any atom is 1.00 e. The first-order valence-electron chi connectivity index (χ1n) is 3.01. The summed E-state index contributed by atoms with van der Waals surface area (Å²) >= 11 is 0. The average molecular weight is 188 g/mol. The monoisotopic (exact) mass is 188 g/mol. The number of hydrogen-bond donors (Lipinski definition) is 0. The molecule has 0 aliphatic rings. The van der Waals surface area contributed by atoms with Crippen LogP contribution < -0.4 is 56.5 Å². The number of benzene rings is 1. The number of aldehydes is 1. The number of rotatable bonds is 2. The van der Waals surface area contributed by atoms with Gasteiger partial charge in [0, 0.05) is 11.1 Å². The fourth-order valence-corrected chi connectivity index (χ4v) is 0.786. The van der Waals surface area contributed by atoms with E-state index in [4.69, 9.17) is 0 Å². The Hall–Kier alpha value is -0.00364. The molecule has 0 aliphatic carbocycles. The summed E-state index contributed by atoms with van der Waals surface area (Å²) in [5.74, 6) is -1.33. The third-order valence-corrected chi connectivity index (χ3v) is 1.31. The second kappa shape index (κ2) is 5.61. The van der Waals surface area contributed by atoms with Crippen LogP contribution >= 0.6 is 0 Å². The predicted molar refractivity (Wildman–Crippen MR) is 36.2 cm³/mol. The van der Waals surface area contributed by atoms with Crippen molar-refractivity contribution in [3.63, 3.8) is 0 Å². The number of aromatic carboxylic acids is 1. The van der Waals surface area contributed by atoms with Gasteiger partial charge in [-0.05, 0) is 0 Å². The van der Waals surface area contributed by atoms with Crippen molar-refractivity contribution in [2.45, 2.75) is 0 Å². The van der Waals surface area contributed by atoms with E-state index in [2.05, 4.69) is 0 Å². The molecule has 1 aromatic rings. The average Bonchev–Trinajstić information content (AvgIpc) is 2.04. The molecule has 0 heterocycles. The first kappa shape index (κ1) is 12.0. The first-order chi connectivity index (χ1) is 5.25. The fraction of sp³-hybridized carbons (Fsp3) is 0. The molecule has 0 unspecified atom stereocenters. The molecule has 0 amide bonds. The van der Waals surface area contributed by atoms with Gasteiger partial charge < -0.3 is 9.90 Å². The van der Waals surface area contributed by atoms with Crippen LogP contribution in [-0.2, 0) is 0 Å². The molecule has 4 heteroatoms. The molecule has 0 N–H and O–H groups in total. The molecule has 56 valence electrons. The molecule has 1 aromatic carbocycles. The Morgan fingerprint density at radius 2 is 1.92 bits per heavy atom. The molecular weight excluding hydrogens is 183 g/mol. The molecule has 0 atom stereocenters. The number of hydrogen-bond acceptors (Lipinski definition) is 3. The van der Waals surface area contributed by atoms with Gasteiger partial charge in [-0.1, -0.05) is 24.3 Å². The smallest absolute Gasteiger partial charge is 0.545 e. The maximum absolute atomic E-state index is 10.3. The van der Waals surface area contributed by atoms with E-state index in [-0.39, 0.29) is 62.5 Å². The second-order valence-corrected chi connectivity index (χ2v) is 1.99. The fourth-order valence-electron chi connectivity index (χ4n) is 0.786. The van der Waals surface area contributed by atoms with Crippen LogP contribution in [-0.4, -0.2) is 12.3 Å². The van der Waals surface area contributed by atoms with Crippen molar-refractivity contribution in [2.24, 2.45) is 0 Å². The summed E-state index contributed by atoms with van der Waals surface area (Å²) in [4.78, 5) is 20.6. The summed E-state index contributed by atoms with van der Waals surface area (Å²) < 4.78 is 0. The minimum absolute atomic E-state index is 0. The van der Waals surface area contributed by atoms with Gasteiger partial charge in [0.05, 0.1) is 5.97 Å². The SMILES string of the molecule is O=Cc1ccccc1C(=O)[O-].[K+]. The van der Waals surface area contributed by atoms with Gasteiger partial charge in [-0.3, -0.25) is 4.79 Å². The van der Waals surface area contributed by atoms with Gasteiger partial charge in [-0.25, -0.2) is 0 Å². The van der Waals surface area contributed by atoms with Crippen LogP contribution in [0.15, 0.2) is 24.3 Å². The van der Waals surface area contributed by atoms with Crippen LogP contribution in [0, 0.1) is 0 Å². The number of carboxylic acids is 1. The van der Waals surface area contributed by atoms with Gasteiger partial charge in [0.25, 0.3) is 0 Å². The zero-order chi connectivity index (χ0) is 8.27. The van der Waals surface area contributed by atoms with Crippen molar-refractivity contribution >= 4 is 12.3 Å². The quantitative estimate of drug-likeness (QED) is 0.364. The Kier molecular flexibility index (Phi) is 5.61. The topological polar surface area (TPSA) is 57.2 Å². The van der Waals surface area contributed by atoms with Gasteiger partial charge in [-0.15, -0.1) is 0 Å². The van der Waals surface area contributed by atoms with Crippen LogP contribution in [0.1, 0.15) is 20.7 Å². The minimum Gasteiger partial charge on any atom is -0.545 e. The van der Waals surface area contributed by atoms with Crippen molar-refractivity contribution in [1.29, 1.82) is 0 Å². The molecule has 3 nitrogen and oxygen atoms in total. The molecular formula is C8H5KO3. The largest absolute Gasteiger partial charge is 1.00 e. The molecule has 0 saturated heterocycles. The first-order valence-corrected chi connectivity index (χ1v) is 3.01.